The summed E-state index contributed by atoms with van der Waals surface area (Å²) in [5.74, 6) is 0.388. The Balaban J connectivity index is 1.82. The van der Waals surface area contributed by atoms with Crippen molar-refractivity contribution in [1.82, 2.24) is 5.32 Å². The fourth-order valence-corrected chi connectivity index (χ4v) is 1.69. The Hall–Kier alpha value is -3.02. The van der Waals surface area contributed by atoms with Crippen LogP contribution in [0, 0.1) is 0 Å². The van der Waals surface area contributed by atoms with Crippen molar-refractivity contribution in [3.05, 3.63) is 54.6 Å². The largest absolute Gasteiger partial charge is 0.484 e. The lowest BCUT2D eigenvalue weighted by atomic mass is 10.3. The molecule has 6 heteroatoms. The Bertz CT molecular complexity index is 627. The molecule has 6 nitrogen and oxygen atoms in total. The molecule has 0 saturated carbocycles. The molecular weight excluding hydrogens is 282 g/mol. The van der Waals surface area contributed by atoms with Crippen molar-refractivity contribution in [3.63, 3.8) is 0 Å². The molecular formula is C16H17N3O3. The third-order valence-corrected chi connectivity index (χ3v) is 2.77. The summed E-state index contributed by atoms with van der Waals surface area (Å²) in [7, 11) is 1.54. The predicted molar refractivity (Wildman–Crippen MR) is 85.1 cm³/mol. The molecule has 0 saturated heterocycles. The van der Waals surface area contributed by atoms with E-state index in [0.717, 1.165) is 0 Å². The standard InChI is InChI=1S/C16H17N3O3/c1-17-16(21)19-13-9-7-12(8-10-13)18-15(20)11-22-14-5-3-2-4-6-14/h2-10H,11H2,1H3,(H,18,20)(H2,17,19,21). The lowest BCUT2D eigenvalue weighted by Gasteiger charge is -2.08. The van der Waals surface area contributed by atoms with E-state index in [1.807, 2.05) is 18.2 Å². The van der Waals surface area contributed by atoms with Crippen LogP contribution in [0.25, 0.3) is 0 Å². The minimum absolute atomic E-state index is 0.0672. The summed E-state index contributed by atoms with van der Waals surface area (Å²) in [6, 6.07) is 15.6. The molecule has 2 aromatic rings. The number of rotatable bonds is 5. The van der Waals surface area contributed by atoms with Gasteiger partial charge in [0.25, 0.3) is 5.91 Å². The number of hydrogen-bond donors (Lipinski definition) is 3. The van der Waals surface area contributed by atoms with Gasteiger partial charge in [0.1, 0.15) is 5.75 Å². The molecule has 22 heavy (non-hydrogen) atoms. The van der Waals surface area contributed by atoms with Crippen LogP contribution >= 0.6 is 0 Å². The van der Waals surface area contributed by atoms with Crippen molar-refractivity contribution in [2.45, 2.75) is 0 Å². The van der Waals surface area contributed by atoms with E-state index in [-0.39, 0.29) is 18.5 Å². The Kier molecular flexibility index (Phi) is 5.37. The van der Waals surface area contributed by atoms with Crippen LogP contribution in [0.5, 0.6) is 5.75 Å². The van der Waals surface area contributed by atoms with E-state index in [1.54, 1.807) is 36.4 Å². The van der Waals surface area contributed by atoms with Crippen LogP contribution in [0.2, 0.25) is 0 Å². The minimum atomic E-state index is -0.298. The first-order chi connectivity index (χ1) is 10.7. The quantitative estimate of drug-likeness (QED) is 0.793. The molecule has 2 aromatic carbocycles. The number of benzene rings is 2. The molecule has 3 N–H and O–H groups in total. The van der Waals surface area contributed by atoms with Gasteiger partial charge in [-0.3, -0.25) is 4.79 Å². The maximum atomic E-state index is 11.8. The second-order valence-electron chi connectivity index (χ2n) is 4.43. The highest BCUT2D eigenvalue weighted by molar-refractivity contribution is 5.93. The number of para-hydroxylation sites is 1. The van der Waals surface area contributed by atoms with Gasteiger partial charge in [0.05, 0.1) is 0 Å². The van der Waals surface area contributed by atoms with Crippen molar-refractivity contribution in [2.75, 3.05) is 24.3 Å². The van der Waals surface area contributed by atoms with E-state index in [0.29, 0.717) is 17.1 Å². The van der Waals surface area contributed by atoms with E-state index in [1.165, 1.54) is 7.05 Å². The second kappa shape index (κ2) is 7.68. The number of hydrogen-bond acceptors (Lipinski definition) is 3. The van der Waals surface area contributed by atoms with Crippen LogP contribution in [0.15, 0.2) is 54.6 Å². The van der Waals surface area contributed by atoms with Crippen LogP contribution in [0.1, 0.15) is 0 Å². The summed E-state index contributed by atoms with van der Waals surface area (Å²) in [6.07, 6.45) is 0. The fourth-order valence-electron chi connectivity index (χ4n) is 1.69. The zero-order chi connectivity index (χ0) is 15.8. The van der Waals surface area contributed by atoms with E-state index < -0.39 is 0 Å². The third kappa shape index (κ3) is 4.82. The Morgan fingerprint density at radius 2 is 1.50 bits per heavy atom. The number of amides is 3. The fraction of sp³-hybridized carbons (Fsp3) is 0.125. The van der Waals surface area contributed by atoms with Crippen molar-refractivity contribution < 1.29 is 14.3 Å². The number of nitrogens with one attached hydrogen (secondary N) is 3. The predicted octanol–water partition coefficient (Wildman–Crippen LogP) is 2.46. The summed E-state index contributed by atoms with van der Waals surface area (Å²) >= 11 is 0. The number of carbonyl (C=O) groups excluding carboxylic acids is 2. The van der Waals surface area contributed by atoms with Gasteiger partial charge < -0.3 is 20.7 Å². The second-order valence-corrected chi connectivity index (χ2v) is 4.43. The molecule has 0 spiro atoms. The molecule has 0 aromatic heterocycles. The van der Waals surface area contributed by atoms with Gasteiger partial charge in [0.2, 0.25) is 0 Å². The highest BCUT2D eigenvalue weighted by Crippen LogP contribution is 2.14. The molecule has 0 aliphatic carbocycles. The van der Waals surface area contributed by atoms with Gasteiger partial charge in [-0.05, 0) is 36.4 Å². The van der Waals surface area contributed by atoms with Crippen LogP contribution in [-0.2, 0) is 4.79 Å². The lowest BCUT2D eigenvalue weighted by Crippen LogP contribution is -2.24. The zero-order valence-corrected chi connectivity index (χ0v) is 12.1. The first-order valence-electron chi connectivity index (χ1n) is 6.74. The zero-order valence-electron chi connectivity index (χ0n) is 12.1. The van der Waals surface area contributed by atoms with Crippen LogP contribution in [0.4, 0.5) is 16.2 Å². The number of ether oxygens (including phenoxy) is 1. The first-order valence-corrected chi connectivity index (χ1v) is 6.74. The maximum absolute atomic E-state index is 11.8. The van der Waals surface area contributed by atoms with Gasteiger partial charge in [-0.1, -0.05) is 18.2 Å². The molecule has 0 atom stereocenters. The van der Waals surface area contributed by atoms with Crippen molar-refractivity contribution in [2.24, 2.45) is 0 Å². The summed E-state index contributed by atoms with van der Waals surface area (Å²) in [6.45, 7) is -0.0672. The maximum Gasteiger partial charge on any atom is 0.318 e. The van der Waals surface area contributed by atoms with Gasteiger partial charge in [0, 0.05) is 18.4 Å². The van der Waals surface area contributed by atoms with E-state index >= 15 is 0 Å². The first kappa shape index (κ1) is 15.4. The molecule has 0 bridgehead atoms. The van der Waals surface area contributed by atoms with Crippen molar-refractivity contribution >= 4 is 23.3 Å². The van der Waals surface area contributed by atoms with Crippen molar-refractivity contribution in [1.29, 1.82) is 0 Å². The molecule has 0 radical (unpaired) electrons. The van der Waals surface area contributed by atoms with Gasteiger partial charge in [0.15, 0.2) is 6.61 Å². The Labute approximate surface area is 128 Å². The smallest absolute Gasteiger partial charge is 0.318 e. The highest BCUT2D eigenvalue weighted by atomic mass is 16.5. The molecule has 0 fully saturated rings. The van der Waals surface area contributed by atoms with Gasteiger partial charge in [-0.15, -0.1) is 0 Å². The average molecular weight is 299 g/mol. The van der Waals surface area contributed by atoms with Gasteiger partial charge >= 0.3 is 6.03 Å². The lowest BCUT2D eigenvalue weighted by molar-refractivity contribution is -0.118. The Morgan fingerprint density at radius 3 is 2.09 bits per heavy atom. The van der Waals surface area contributed by atoms with Gasteiger partial charge in [-0.2, -0.15) is 0 Å². The number of carbonyl (C=O) groups is 2. The summed E-state index contributed by atoms with van der Waals surface area (Å²) in [4.78, 5) is 22.9. The van der Waals surface area contributed by atoms with Crippen LogP contribution < -0.4 is 20.7 Å². The monoisotopic (exact) mass is 299 g/mol. The molecule has 114 valence electrons. The molecule has 0 aliphatic rings. The van der Waals surface area contributed by atoms with E-state index in [4.69, 9.17) is 4.74 Å². The summed E-state index contributed by atoms with van der Waals surface area (Å²) in [5.41, 5.74) is 1.27. The molecule has 0 heterocycles. The summed E-state index contributed by atoms with van der Waals surface area (Å²) < 4.78 is 5.35. The average Bonchev–Trinajstić information content (AvgIpc) is 2.55. The topological polar surface area (TPSA) is 79.5 Å². The minimum Gasteiger partial charge on any atom is -0.484 e. The Morgan fingerprint density at radius 1 is 0.909 bits per heavy atom. The van der Waals surface area contributed by atoms with Crippen LogP contribution in [-0.4, -0.2) is 25.6 Å². The van der Waals surface area contributed by atoms with E-state index in [2.05, 4.69) is 16.0 Å². The normalized spacial score (nSPS) is 9.68. The molecule has 3 amide bonds. The van der Waals surface area contributed by atoms with Crippen molar-refractivity contribution in [3.8, 4) is 5.75 Å². The third-order valence-electron chi connectivity index (χ3n) is 2.77. The van der Waals surface area contributed by atoms with Gasteiger partial charge in [-0.25, -0.2) is 4.79 Å². The summed E-state index contributed by atoms with van der Waals surface area (Å²) in [5, 5.41) is 7.80. The molecule has 2 rings (SSSR count). The number of urea groups is 1. The number of anilines is 2. The molecule has 0 aliphatic heterocycles. The van der Waals surface area contributed by atoms with Crippen LogP contribution in [0.3, 0.4) is 0 Å². The highest BCUT2D eigenvalue weighted by Gasteiger charge is 2.04. The molecule has 0 unspecified atom stereocenters. The SMILES string of the molecule is CNC(=O)Nc1ccc(NC(=O)COc2ccccc2)cc1. The van der Waals surface area contributed by atoms with E-state index in [9.17, 15) is 9.59 Å².